The van der Waals surface area contributed by atoms with E-state index in [2.05, 4.69) is 15.1 Å². The van der Waals surface area contributed by atoms with E-state index in [1.807, 2.05) is 0 Å². The number of alkyl halides is 3. The highest BCUT2D eigenvalue weighted by Gasteiger charge is 2.34. The second-order valence-electron chi connectivity index (χ2n) is 7.20. The van der Waals surface area contributed by atoms with Gasteiger partial charge in [0.2, 0.25) is 5.95 Å². The van der Waals surface area contributed by atoms with Gasteiger partial charge < -0.3 is 25.6 Å². The van der Waals surface area contributed by atoms with E-state index in [9.17, 15) is 22.8 Å². The normalized spacial score (nSPS) is 16.2. The van der Waals surface area contributed by atoms with Crippen LogP contribution in [-0.2, 0) is 17.3 Å². The van der Waals surface area contributed by atoms with E-state index in [0.717, 1.165) is 12.3 Å². The fourth-order valence-electron chi connectivity index (χ4n) is 3.56. The molecule has 31 heavy (non-hydrogen) atoms. The number of ether oxygens (including phenoxy) is 1. The summed E-state index contributed by atoms with van der Waals surface area (Å²) in [7, 11) is 0. The predicted octanol–water partition coefficient (Wildman–Crippen LogP) is 1.75. The van der Waals surface area contributed by atoms with Crippen LogP contribution in [0, 0.1) is 11.8 Å². The number of nitrogens with two attached hydrogens (primary N) is 2. The average molecular weight is 442 g/mol. The molecule has 2 aromatic heterocycles. The molecule has 0 radical (unpaired) electrons. The predicted molar refractivity (Wildman–Crippen MR) is 99.7 cm³/mol. The zero-order valence-electron chi connectivity index (χ0n) is 16.3. The van der Waals surface area contributed by atoms with Gasteiger partial charge in [0, 0.05) is 37.7 Å². The summed E-state index contributed by atoms with van der Waals surface area (Å²) in [5.74, 6) is -0.473. The van der Waals surface area contributed by atoms with Crippen LogP contribution in [0.15, 0.2) is 22.9 Å². The molecule has 3 rings (SSSR count). The molecule has 0 aliphatic carbocycles. The Kier molecular flexibility index (Phi) is 6.61. The van der Waals surface area contributed by atoms with Crippen molar-refractivity contribution in [1.29, 1.82) is 0 Å². The summed E-state index contributed by atoms with van der Waals surface area (Å²) in [5, 5.41) is 3.59. The molecule has 2 amide bonds. The molecule has 0 spiro atoms. The van der Waals surface area contributed by atoms with Gasteiger partial charge in [-0.3, -0.25) is 4.79 Å². The summed E-state index contributed by atoms with van der Waals surface area (Å²) in [4.78, 5) is 31.5. The molecule has 1 fully saturated rings. The number of halogens is 3. The standard InChI is InChI=1S/C18H21F3N6O4/c19-18(20,21)14-1-4-24-17(25-14)27-5-2-10(3-6-27)11(9-30-16(23)29)7-12-8-13(15(22)28)26-31-12/h1,4,8,10-11H,2-3,5-7,9H2,(H2,22,28)(H2,23,29). The molecule has 0 saturated carbocycles. The maximum absolute atomic E-state index is 12.9. The van der Waals surface area contributed by atoms with Crippen LogP contribution in [-0.4, -0.2) is 46.8 Å². The van der Waals surface area contributed by atoms with Gasteiger partial charge in [0.15, 0.2) is 5.69 Å². The third kappa shape index (κ3) is 5.83. The molecule has 1 aliphatic rings. The highest BCUT2D eigenvalue weighted by molar-refractivity contribution is 5.90. The number of hydrogen-bond acceptors (Lipinski definition) is 8. The van der Waals surface area contributed by atoms with Crippen molar-refractivity contribution in [2.45, 2.75) is 25.4 Å². The minimum absolute atomic E-state index is 0.0129. The molecule has 13 heteroatoms. The smallest absolute Gasteiger partial charge is 0.433 e. The molecular weight excluding hydrogens is 421 g/mol. The molecule has 168 valence electrons. The molecule has 1 atom stereocenters. The quantitative estimate of drug-likeness (QED) is 0.658. The number of carbonyl (C=O) groups is 2. The Bertz CT molecular complexity index is 927. The van der Waals surface area contributed by atoms with Gasteiger partial charge in [-0.1, -0.05) is 5.16 Å². The van der Waals surface area contributed by atoms with Crippen LogP contribution in [0.25, 0.3) is 0 Å². The maximum atomic E-state index is 12.9. The van der Waals surface area contributed by atoms with Crippen molar-refractivity contribution in [3.8, 4) is 0 Å². The van der Waals surface area contributed by atoms with E-state index in [1.54, 1.807) is 4.90 Å². The Morgan fingerprint density at radius 3 is 2.58 bits per heavy atom. The fraction of sp³-hybridized carbons (Fsp3) is 0.500. The first kappa shape index (κ1) is 22.3. The Balaban J connectivity index is 1.66. The topological polar surface area (TPSA) is 150 Å². The first-order valence-corrected chi connectivity index (χ1v) is 9.46. The lowest BCUT2D eigenvalue weighted by Crippen LogP contribution is -2.39. The summed E-state index contributed by atoms with van der Waals surface area (Å²) < 4.78 is 48.8. The molecule has 0 bridgehead atoms. The number of piperidine rings is 1. The second-order valence-corrected chi connectivity index (χ2v) is 7.20. The van der Waals surface area contributed by atoms with Crippen LogP contribution in [0.4, 0.5) is 23.9 Å². The molecule has 1 unspecified atom stereocenters. The van der Waals surface area contributed by atoms with E-state index in [0.29, 0.717) is 38.1 Å². The van der Waals surface area contributed by atoms with E-state index >= 15 is 0 Å². The molecule has 3 heterocycles. The summed E-state index contributed by atoms with van der Waals surface area (Å²) in [6, 6.07) is 2.25. The number of carbonyl (C=O) groups excluding carboxylic acids is 2. The highest BCUT2D eigenvalue weighted by atomic mass is 19.4. The van der Waals surface area contributed by atoms with Gasteiger partial charge in [-0.25, -0.2) is 14.8 Å². The third-order valence-corrected chi connectivity index (χ3v) is 5.14. The van der Waals surface area contributed by atoms with Crippen LogP contribution < -0.4 is 16.4 Å². The first-order valence-electron chi connectivity index (χ1n) is 9.46. The van der Waals surface area contributed by atoms with Crippen LogP contribution >= 0.6 is 0 Å². The van der Waals surface area contributed by atoms with Crippen LogP contribution in [0.3, 0.4) is 0 Å². The Morgan fingerprint density at radius 1 is 1.29 bits per heavy atom. The van der Waals surface area contributed by atoms with E-state index < -0.39 is 23.9 Å². The third-order valence-electron chi connectivity index (χ3n) is 5.14. The summed E-state index contributed by atoms with van der Waals surface area (Å²) in [6.45, 7) is 0.858. The van der Waals surface area contributed by atoms with Gasteiger partial charge in [-0.05, 0) is 24.8 Å². The first-order chi connectivity index (χ1) is 14.6. The molecule has 2 aromatic rings. The lowest BCUT2D eigenvalue weighted by Gasteiger charge is -2.35. The average Bonchev–Trinajstić information content (AvgIpc) is 3.20. The maximum Gasteiger partial charge on any atom is 0.433 e. The number of hydrogen-bond donors (Lipinski definition) is 2. The monoisotopic (exact) mass is 442 g/mol. The van der Waals surface area contributed by atoms with Crippen molar-refractivity contribution in [3.63, 3.8) is 0 Å². The number of nitrogens with zero attached hydrogens (tertiary/aromatic N) is 4. The molecule has 4 N–H and O–H groups in total. The van der Waals surface area contributed by atoms with E-state index in [4.69, 9.17) is 20.7 Å². The van der Waals surface area contributed by atoms with Crippen molar-refractivity contribution < 1.29 is 32.0 Å². The van der Waals surface area contributed by atoms with Crippen molar-refractivity contribution in [3.05, 3.63) is 35.5 Å². The van der Waals surface area contributed by atoms with Crippen LogP contribution in [0.1, 0.15) is 34.8 Å². The summed E-state index contributed by atoms with van der Waals surface area (Å²) in [5.41, 5.74) is 9.24. The van der Waals surface area contributed by atoms with Crippen molar-refractivity contribution in [1.82, 2.24) is 15.1 Å². The van der Waals surface area contributed by atoms with Gasteiger partial charge in [0.05, 0.1) is 6.61 Å². The van der Waals surface area contributed by atoms with Gasteiger partial charge in [-0.2, -0.15) is 13.2 Å². The highest BCUT2D eigenvalue weighted by Crippen LogP contribution is 2.32. The van der Waals surface area contributed by atoms with Crippen molar-refractivity contribution >= 4 is 17.9 Å². The van der Waals surface area contributed by atoms with Crippen LogP contribution in [0.2, 0.25) is 0 Å². The van der Waals surface area contributed by atoms with Crippen molar-refractivity contribution in [2.75, 3.05) is 24.6 Å². The number of aromatic nitrogens is 3. The minimum atomic E-state index is -4.55. The number of rotatable bonds is 7. The number of amides is 2. The lowest BCUT2D eigenvalue weighted by atomic mass is 9.82. The minimum Gasteiger partial charge on any atom is -0.449 e. The van der Waals surface area contributed by atoms with E-state index in [-0.39, 0.29) is 30.1 Å². The molecule has 1 saturated heterocycles. The zero-order valence-corrected chi connectivity index (χ0v) is 16.3. The van der Waals surface area contributed by atoms with Gasteiger partial charge in [-0.15, -0.1) is 0 Å². The lowest BCUT2D eigenvalue weighted by molar-refractivity contribution is -0.141. The Hall–Kier alpha value is -3.38. The molecule has 0 aromatic carbocycles. The van der Waals surface area contributed by atoms with Crippen molar-refractivity contribution in [2.24, 2.45) is 23.3 Å². The summed E-state index contributed by atoms with van der Waals surface area (Å²) >= 11 is 0. The van der Waals surface area contributed by atoms with E-state index in [1.165, 1.54) is 6.07 Å². The number of primary amides is 2. The second kappa shape index (κ2) is 9.18. The number of anilines is 1. The Morgan fingerprint density at radius 2 is 2.00 bits per heavy atom. The van der Waals surface area contributed by atoms with Gasteiger partial charge in [0.1, 0.15) is 11.5 Å². The zero-order chi connectivity index (χ0) is 22.6. The van der Waals surface area contributed by atoms with Gasteiger partial charge in [0.25, 0.3) is 5.91 Å². The largest absolute Gasteiger partial charge is 0.449 e. The Labute approximate surface area is 174 Å². The SMILES string of the molecule is NC(=O)OCC(Cc1cc(C(N)=O)no1)C1CCN(c2nccc(C(F)(F)F)n2)CC1. The summed E-state index contributed by atoms with van der Waals surface area (Å²) in [6.07, 6.45) is -2.89. The molecule has 10 nitrogen and oxygen atoms in total. The van der Waals surface area contributed by atoms with Gasteiger partial charge >= 0.3 is 12.3 Å². The molecular formula is C18H21F3N6O4. The van der Waals surface area contributed by atoms with Crippen LogP contribution in [0.5, 0.6) is 0 Å². The molecule has 1 aliphatic heterocycles. The fourth-order valence-corrected chi connectivity index (χ4v) is 3.56.